The fourth-order valence-corrected chi connectivity index (χ4v) is 4.28. The zero-order valence-electron chi connectivity index (χ0n) is 15.3. The second-order valence-electron chi connectivity index (χ2n) is 6.43. The molecule has 2 aromatic rings. The molecular weight excluding hydrogens is 406 g/mol. The van der Waals surface area contributed by atoms with Crippen molar-refractivity contribution in [3.05, 3.63) is 44.4 Å². The molecule has 0 radical (unpaired) electrons. The van der Waals surface area contributed by atoms with Crippen LogP contribution in [0.2, 0.25) is 0 Å². The number of ether oxygens (including phenoxy) is 1. The molecule has 0 bridgehead atoms. The van der Waals surface area contributed by atoms with Crippen LogP contribution >= 0.6 is 11.3 Å². The van der Waals surface area contributed by atoms with Crippen LogP contribution in [0.5, 0.6) is 0 Å². The lowest BCUT2D eigenvalue weighted by molar-refractivity contribution is -0.384. The molecule has 0 aliphatic carbocycles. The highest BCUT2D eigenvalue weighted by molar-refractivity contribution is 7.89. The van der Waals surface area contributed by atoms with Crippen LogP contribution < -0.4 is 10.0 Å². The van der Waals surface area contributed by atoms with E-state index in [0.717, 1.165) is 49.6 Å². The zero-order chi connectivity index (χ0) is 20.3. The molecule has 2 heterocycles. The minimum atomic E-state index is -4.02. The standard InChI is InChI=1S/C16H21N5O5S2/c1-19(14-3-2-13(28(17,24)25)8-15(14)21(22)23)9-12-11-27-16(18-12)10-20-4-6-26-7-5-20/h2-3,8,11H,4-7,9-10H2,1H3,(H2,17,24,25). The number of thiazole rings is 1. The minimum Gasteiger partial charge on any atom is -0.379 e. The lowest BCUT2D eigenvalue weighted by Crippen LogP contribution is -2.35. The second kappa shape index (κ2) is 8.49. The normalized spacial score (nSPS) is 15.5. The summed E-state index contributed by atoms with van der Waals surface area (Å²) in [5, 5.41) is 19.4. The lowest BCUT2D eigenvalue weighted by atomic mass is 10.2. The van der Waals surface area contributed by atoms with Gasteiger partial charge in [-0.15, -0.1) is 11.3 Å². The van der Waals surface area contributed by atoms with Gasteiger partial charge in [0.2, 0.25) is 10.0 Å². The Balaban J connectivity index is 1.74. The summed E-state index contributed by atoms with van der Waals surface area (Å²) in [4.78, 5) is 19.0. The van der Waals surface area contributed by atoms with Crippen LogP contribution in [0, 0.1) is 10.1 Å². The summed E-state index contributed by atoms with van der Waals surface area (Å²) < 4.78 is 28.3. The van der Waals surface area contributed by atoms with Crippen molar-refractivity contribution in [2.45, 2.75) is 18.0 Å². The molecule has 1 aromatic heterocycles. The van der Waals surface area contributed by atoms with Gasteiger partial charge in [-0.1, -0.05) is 0 Å². The van der Waals surface area contributed by atoms with Crippen LogP contribution in [0.4, 0.5) is 11.4 Å². The van der Waals surface area contributed by atoms with Crippen molar-refractivity contribution >= 4 is 32.7 Å². The van der Waals surface area contributed by atoms with E-state index in [2.05, 4.69) is 9.88 Å². The lowest BCUT2D eigenvalue weighted by Gasteiger charge is -2.25. The van der Waals surface area contributed by atoms with Gasteiger partial charge in [0, 0.05) is 31.6 Å². The van der Waals surface area contributed by atoms with Gasteiger partial charge in [0.25, 0.3) is 5.69 Å². The average Bonchev–Trinajstić information content (AvgIpc) is 3.08. The minimum absolute atomic E-state index is 0.292. The van der Waals surface area contributed by atoms with Crippen LogP contribution in [0.1, 0.15) is 10.7 Å². The van der Waals surface area contributed by atoms with E-state index in [1.807, 2.05) is 5.38 Å². The molecule has 152 valence electrons. The van der Waals surface area contributed by atoms with E-state index in [1.54, 1.807) is 23.3 Å². The number of anilines is 1. The van der Waals surface area contributed by atoms with Gasteiger partial charge in [0.05, 0.1) is 41.8 Å². The molecule has 1 fully saturated rings. The number of aromatic nitrogens is 1. The molecule has 0 unspecified atom stereocenters. The highest BCUT2D eigenvalue weighted by Crippen LogP contribution is 2.31. The Morgan fingerprint density at radius 3 is 2.75 bits per heavy atom. The largest absolute Gasteiger partial charge is 0.379 e. The van der Waals surface area contributed by atoms with Crippen molar-refractivity contribution in [2.75, 3.05) is 38.3 Å². The highest BCUT2D eigenvalue weighted by atomic mass is 32.2. The van der Waals surface area contributed by atoms with E-state index in [4.69, 9.17) is 9.88 Å². The molecule has 12 heteroatoms. The van der Waals surface area contributed by atoms with E-state index in [9.17, 15) is 18.5 Å². The number of morpholine rings is 1. The second-order valence-corrected chi connectivity index (χ2v) is 8.93. The molecule has 1 aromatic carbocycles. The molecule has 1 saturated heterocycles. The van der Waals surface area contributed by atoms with Crippen molar-refractivity contribution in [3.8, 4) is 0 Å². The average molecular weight is 428 g/mol. The van der Waals surface area contributed by atoms with Gasteiger partial charge in [0.15, 0.2) is 0 Å². The van der Waals surface area contributed by atoms with Crippen molar-refractivity contribution in [3.63, 3.8) is 0 Å². The van der Waals surface area contributed by atoms with Crippen molar-refractivity contribution in [1.29, 1.82) is 0 Å². The van der Waals surface area contributed by atoms with Gasteiger partial charge in [-0.25, -0.2) is 18.5 Å². The first-order valence-corrected chi connectivity index (χ1v) is 10.9. The molecule has 0 atom stereocenters. The highest BCUT2D eigenvalue weighted by Gasteiger charge is 2.22. The number of hydrogen-bond acceptors (Lipinski definition) is 9. The van der Waals surface area contributed by atoms with Gasteiger partial charge in [-0.3, -0.25) is 15.0 Å². The smallest absolute Gasteiger partial charge is 0.293 e. The van der Waals surface area contributed by atoms with Crippen molar-refractivity contribution in [2.24, 2.45) is 5.14 Å². The fraction of sp³-hybridized carbons (Fsp3) is 0.438. The number of sulfonamides is 1. The zero-order valence-corrected chi connectivity index (χ0v) is 16.9. The predicted molar refractivity (Wildman–Crippen MR) is 105 cm³/mol. The maximum absolute atomic E-state index is 11.5. The summed E-state index contributed by atoms with van der Waals surface area (Å²) in [6.45, 7) is 4.29. The van der Waals surface area contributed by atoms with Crippen LogP contribution in [0.3, 0.4) is 0 Å². The van der Waals surface area contributed by atoms with Crippen LogP contribution in [-0.2, 0) is 27.8 Å². The number of nitro benzene ring substituents is 1. The maximum atomic E-state index is 11.5. The van der Waals surface area contributed by atoms with E-state index >= 15 is 0 Å². The molecule has 2 N–H and O–H groups in total. The molecule has 10 nitrogen and oxygen atoms in total. The van der Waals surface area contributed by atoms with Gasteiger partial charge >= 0.3 is 0 Å². The maximum Gasteiger partial charge on any atom is 0.293 e. The first-order valence-electron chi connectivity index (χ1n) is 8.50. The summed E-state index contributed by atoms with van der Waals surface area (Å²) in [7, 11) is -2.32. The molecule has 3 rings (SSSR count). The summed E-state index contributed by atoms with van der Waals surface area (Å²) in [5.74, 6) is 0. The Morgan fingerprint density at radius 2 is 2.11 bits per heavy atom. The first kappa shape index (κ1) is 20.6. The van der Waals surface area contributed by atoms with Crippen LogP contribution in [0.25, 0.3) is 0 Å². The van der Waals surface area contributed by atoms with E-state index < -0.39 is 14.9 Å². The number of hydrogen-bond donors (Lipinski definition) is 1. The molecule has 1 aliphatic rings. The molecule has 28 heavy (non-hydrogen) atoms. The van der Waals surface area contributed by atoms with E-state index in [1.165, 1.54) is 12.1 Å². The third-order valence-corrected chi connectivity index (χ3v) is 6.14. The van der Waals surface area contributed by atoms with Gasteiger partial charge in [-0.2, -0.15) is 0 Å². The van der Waals surface area contributed by atoms with E-state index in [-0.39, 0.29) is 10.6 Å². The number of nitrogens with zero attached hydrogens (tertiary/aromatic N) is 4. The molecule has 0 spiro atoms. The summed E-state index contributed by atoms with van der Waals surface area (Å²) in [6.07, 6.45) is 0. The fourth-order valence-electron chi connectivity index (χ4n) is 2.92. The van der Waals surface area contributed by atoms with Gasteiger partial charge < -0.3 is 9.64 Å². The quantitative estimate of drug-likeness (QED) is 0.514. The molecule has 0 saturated carbocycles. The van der Waals surface area contributed by atoms with Gasteiger partial charge in [-0.05, 0) is 12.1 Å². The third kappa shape index (κ3) is 5.02. The first-order chi connectivity index (χ1) is 13.2. The van der Waals surface area contributed by atoms with Crippen LogP contribution in [0.15, 0.2) is 28.5 Å². The van der Waals surface area contributed by atoms with Crippen LogP contribution in [-0.4, -0.2) is 56.6 Å². The number of nitro groups is 1. The number of benzene rings is 1. The van der Waals surface area contributed by atoms with E-state index in [0.29, 0.717) is 12.2 Å². The van der Waals surface area contributed by atoms with Crippen molar-refractivity contribution in [1.82, 2.24) is 9.88 Å². The topological polar surface area (TPSA) is 132 Å². The Kier molecular flexibility index (Phi) is 6.25. The Morgan fingerprint density at radius 1 is 1.39 bits per heavy atom. The predicted octanol–water partition coefficient (Wildman–Crippen LogP) is 1.17. The number of primary sulfonamides is 1. The Bertz CT molecular complexity index is 956. The Hall–Kier alpha value is -2.12. The summed E-state index contributed by atoms with van der Waals surface area (Å²) in [6, 6.07) is 3.63. The summed E-state index contributed by atoms with van der Waals surface area (Å²) >= 11 is 1.55. The van der Waals surface area contributed by atoms with Crippen molar-refractivity contribution < 1.29 is 18.1 Å². The molecule has 1 aliphatic heterocycles. The monoisotopic (exact) mass is 427 g/mol. The SMILES string of the molecule is CN(Cc1csc(CN2CCOCC2)n1)c1ccc(S(N)(=O)=O)cc1[N+](=O)[O-]. The number of nitrogens with two attached hydrogens (primary N) is 1. The Labute approximate surface area is 166 Å². The van der Waals surface area contributed by atoms with Gasteiger partial charge in [0.1, 0.15) is 10.7 Å². The number of rotatable bonds is 7. The third-order valence-electron chi connectivity index (χ3n) is 4.34. The molecule has 0 amide bonds. The molecular formula is C16H21N5O5S2. The summed E-state index contributed by atoms with van der Waals surface area (Å²) in [5.41, 5.74) is 0.763.